The summed E-state index contributed by atoms with van der Waals surface area (Å²) >= 11 is 1.72. The summed E-state index contributed by atoms with van der Waals surface area (Å²) in [4.78, 5) is 4.57. The minimum atomic E-state index is -4.41. The Bertz CT molecular complexity index is 872. The number of hydrogen-bond acceptors (Lipinski definition) is 3. The van der Waals surface area contributed by atoms with Crippen LogP contribution in [0.15, 0.2) is 41.7 Å². The van der Waals surface area contributed by atoms with Gasteiger partial charge in [0.2, 0.25) is 0 Å². The second kappa shape index (κ2) is 5.41. The Morgan fingerprint density at radius 1 is 1.08 bits per heavy atom. The van der Waals surface area contributed by atoms with E-state index >= 15 is 0 Å². The van der Waals surface area contributed by atoms with E-state index in [4.69, 9.17) is 0 Å². The van der Waals surface area contributed by atoms with Gasteiger partial charge in [-0.05, 0) is 6.07 Å². The first-order valence-corrected chi connectivity index (χ1v) is 8.32. The van der Waals surface area contributed by atoms with Crippen molar-refractivity contribution in [1.29, 1.82) is 0 Å². The number of aryl methyl sites for hydroxylation is 2. The van der Waals surface area contributed by atoms with E-state index in [0.29, 0.717) is 11.3 Å². The minimum Gasteiger partial charge on any atom is -0.325 e. The smallest absolute Gasteiger partial charge is 0.325 e. The molecule has 3 aromatic rings. The van der Waals surface area contributed by atoms with E-state index in [2.05, 4.69) is 14.6 Å². The molecule has 1 aliphatic heterocycles. The van der Waals surface area contributed by atoms with Crippen LogP contribution in [0.3, 0.4) is 0 Å². The average molecular weight is 350 g/mol. The summed E-state index contributed by atoms with van der Waals surface area (Å²) in [5.41, 5.74) is 2.00. The summed E-state index contributed by atoms with van der Waals surface area (Å²) in [7, 11) is 1.30. The molecule has 0 bridgehead atoms. The topological polar surface area (TPSA) is 35.6 Å². The number of imidazole rings is 1. The molecule has 0 saturated carbocycles. The van der Waals surface area contributed by atoms with Gasteiger partial charge in [-0.1, -0.05) is 36.0 Å². The summed E-state index contributed by atoms with van der Waals surface area (Å²) in [6, 6.07) is 8.33. The van der Waals surface area contributed by atoms with Crippen LogP contribution in [0.5, 0.6) is 0 Å². The SMILES string of the molecule is Cn1nc(-c2ccc(-c3cn4c(n3)SCC4)cc2)cc1C(F)(F)F. The molecule has 1 aromatic carbocycles. The van der Waals surface area contributed by atoms with Crippen molar-refractivity contribution in [2.45, 2.75) is 17.9 Å². The predicted molar refractivity (Wildman–Crippen MR) is 85.6 cm³/mol. The fraction of sp³-hybridized carbons (Fsp3) is 0.250. The second-order valence-electron chi connectivity index (χ2n) is 5.56. The highest BCUT2D eigenvalue weighted by atomic mass is 32.2. The van der Waals surface area contributed by atoms with Crippen molar-refractivity contribution in [3.05, 3.63) is 42.2 Å². The maximum Gasteiger partial charge on any atom is 0.433 e. The molecule has 0 spiro atoms. The van der Waals surface area contributed by atoms with Crippen LogP contribution in [-0.4, -0.2) is 25.1 Å². The maximum atomic E-state index is 12.9. The molecule has 0 amide bonds. The molecular formula is C16H13F3N4S. The van der Waals surface area contributed by atoms with Gasteiger partial charge in [0.15, 0.2) is 5.16 Å². The lowest BCUT2D eigenvalue weighted by Crippen LogP contribution is -2.11. The zero-order valence-corrected chi connectivity index (χ0v) is 13.5. The van der Waals surface area contributed by atoms with Crippen molar-refractivity contribution in [3.63, 3.8) is 0 Å². The van der Waals surface area contributed by atoms with Gasteiger partial charge in [0.25, 0.3) is 0 Å². The van der Waals surface area contributed by atoms with Crippen LogP contribution < -0.4 is 0 Å². The van der Waals surface area contributed by atoms with Crippen molar-refractivity contribution < 1.29 is 13.2 Å². The van der Waals surface area contributed by atoms with Crippen LogP contribution in [0.25, 0.3) is 22.5 Å². The Kier molecular flexibility index (Phi) is 3.45. The summed E-state index contributed by atoms with van der Waals surface area (Å²) in [6.07, 6.45) is -2.40. The van der Waals surface area contributed by atoms with E-state index in [0.717, 1.165) is 39.5 Å². The highest BCUT2D eigenvalue weighted by Gasteiger charge is 2.35. The lowest BCUT2D eigenvalue weighted by molar-refractivity contribution is -0.143. The second-order valence-corrected chi connectivity index (χ2v) is 6.63. The molecule has 3 heterocycles. The molecule has 0 radical (unpaired) electrons. The lowest BCUT2D eigenvalue weighted by atomic mass is 10.1. The average Bonchev–Trinajstić information content (AvgIpc) is 3.20. The highest BCUT2D eigenvalue weighted by molar-refractivity contribution is 7.99. The first-order chi connectivity index (χ1) is 11.4. The third kappa shape index (κ3) is 2.60. The molecule has 4 rings (SSSR count). The molecule has 2 aromatic heterocycles. The Labute approximate surface area is 140 Å². The van der Waals surface area contributed by atoms with E-state index in [1.165, 1.54) is 7.05 Å². The highest BCUT2D eigenvalue weighted by Crippen LogP contribution is 2.33. The molecule has 24 heavy (non-hydrogen) atoms. The molecule has 8 heteroatoms. The third-order valence-electron chi connectivity index (χ3n) is 3.95. The van der Waals surface area contributed by atoms with Crippen molar-refractivity contribution in [2.75, 3.05) is 5.75 Å². The fourth-order valence-electron chi connectivity index (χ4n) is 2.73. The summed E-state index contributed by atoms with van der Waals surface area (Å²) in [5, 5.41) is 4.97. The van der Waals surface area contributed by atoms with E-state index in [9.17, 15) is 13.2 Å². The normalized spacial score (nSPS) is 14.2. The molecule has 0 unspecified atom stereocenters. The van der Waals surface area contributed by atoms with E-state index in [1.54, 1.807) is 23.9 Å². The van der Waals surface area contributed by atoms with Crippen LogP contribution in [0.4, 0.5) is 13.2 Å². The van der Waals surface area contributed by atoms with E-state index < -0.39 is 11.9 Å². The summed E-state index contributed by atoms with van der Waals surface area (Å²) in [6.45, 7) is 0.958. The van der Waals surface area contributed by atoms with Crippen molar-refractivity contribution in [1.82, 2.24) is 19.3 Å². The summed E-state index contributed by atoms with van der Waals surface area (Å²) < 4.78 is 41.6. The molecule has 124 valence electrons. The number of halogens is 3. The van der Waals surface area contributed by atoms with Gasteiger partial charge in [-0.15, -0.1) is 0 Å². The largest absolute Gasteiger partial charge is 0.433 e. The first-order valence-electron chi connectivity index (χ1n) is 7.34. The predicted octanol–water partition coefficient (Wildman–Crippen LogP) is 4.08. The van der Waals surface area contributed by atoms with Gasteiger partial charge in [-0.3, -0.25) is 4.68 Å². The van der Waals surface area contributed by atoms with Gasteiger partial charge in [-0.2, -0.15) is 18.3 Å². The number of fused-ring (bicyclic) bond motifs is 1. The van der Waals surface area contributed by atoms with Crippen molar-refractivity contribution >= 4 is 11.8 Å². The van der Waals surface area contributed by atoms with Gasteiger partial charge >= 0.3 is 6.18 Å². The minimum absolute atomic E-state index is 0.305. The van der Waals surface area contributed by atoms with Gasteiger partial charge in [0, 0.05) is 36.7 Å². The molecule has 0 N–H and O–H groups in total. The van der Waals surface area contributed by atoms with Gasteiger partial charge in [0.05, 0.1) is 11.4 Å². The van der Waals surface area contributed by atoms with Gasteiger partial charge in [0.1, 0.15) is 5.69 Å². The van der Waals surface area contributed by atoms with Crippen LogP contribution in [-0.2, 0) is 19.8 Å². The number of hydrogen-bond donors (Lipinski definition) is 0. The number of nitrogens with zero attached hydrogens (tertiary/aromatic N) is 4. The molecular weight excluding hydrogens is 337 g/mol. The first kappa shape index (κ1) is 15.3. The molecule has 1 aliphatic rings. The Balaban J connectivity index is 1.64. The standard InChI is InChI=1S/C16H13F3N4S/c1-22-14(16(17,18)19)8-12(21-22)10-2-4-11(5-3-10)13-9-23-6-7-24-15(23)20-13/h2-5,8-9H,6-7H2,1H3. The monoisotopic (exact) mass is 350 g/mol. The number of benzene rings is 1. The molecule has 0 fully saturated rings. The maximum absolute atomic E-state index is 12.9. The molecule has 4 nitrogen and oxygen atoms in total. The fourth-order valence-corrected chi connectivity index (χ4v) is 3.68. The Hall–Kier alpha value is -2.22. The molecule has 0 aliphatic carbocycles. The number of rotatable bonds is 2. The Morgan fingerprint density at radius 3 is 2.33 bits per heavy atom. The number of thioether (sulfide) groups is 1. The lowest BCUT2D eigenvalue weighted by Gasteiger charge is -2.04. The Morgan fingerprint density at radius 2 is 1.75 bits per heavy atom. The zero-order chi connectivity index (χ0) is 16.9. The van der Waals surface area contributed by atoms with Crippen molar-refractivity contribution in [3.8, 4) is 22.5 Å². The number of aromatic nitrogens is 4. The molecule has 0 atom stereocenters. The van der Waals surface area contributed by atoms with Gasteiger partial charge in [-0.25, -0.2) is 4.98 Å². The van der Waals surface area contributed by atoms with Crippen molar-refractivity contribution in [2.24, 2.45) is 7.05 Å². The zero-order valence-electron chi connectivity index (χ0n) is 12.7. The van der Waals surface area contributed by atoms with Crippen LogP contribution in [0.1, 0.15) is 5.69 Å². The number of alkyl halides is 3. The summed E-state index contributed by atoms with van der Waals surface area (Å²) in [5.74, 6) is 1.04. The quantitative estimate of drug-likeness (QED) is 0.699. The van der Waals surface area contributed by atoms with E-state index in [-0.39, 0.29) is 0 Å². The van der Waals surface area contributed by atoms with Gasteiger partial charge < -0.3 is 4.57 Å². The third-order valence-corrected chi connectivity index (χ3v) is 4.92. The van der Waals surface area contributed by atoms with E-state index in [1.807, 2.05) is 18.3 Å². The molecule has 0 saturated heterocycles. The van der Waals surface area contributed by atoms with Crippen LogP contribution >= 0.6 is 11.8 Å². The van der Waals surface area contributed by atoms with Crippen LogP contribution in [0.2, 0.25) is 0 Å². The van der Waals surface area contributed by atoms with Crippen LogP contribution in [0, 0.1) is 0 Å².